The summed E-state index contributed by atoms with van der Waals surface area (Å²) in [5.74, 6) is -0.416. The van der Waals surface area contributed by atoms with E-state index in [2.05, 4.69) is 15.8 Å². The molecule has 0 aliphatic carbocycles. The van der Waals surface area contributed by atoms with E-state index in [9.17, 15) is 9.59 Å². The lowest BCUT2D eigenvalue weighted by Crippen LogP contribution is -2.41. The van der Waals surface area contributed by atoms with Gasteiger partial charge >= 0.3 is 0 Å². The highest BCUT2D eigenvalue weighted by atomic mass is 35.5. The second-order valence-corrected chi connectivity index (χ2v) is 7.55. The van der Waals surface area contributed by atoms with Crippen LogP contribution in [0.4, 0.5) is 0 Å². The molecule has 6 nitrogen and oxygen atoms in total. The number of carbonyl (C=O) groups excluding carboxylic acids is 2. The van der Waals surface area contributed by atoms with E-state index in [0.717, 1.165) is 11.3 Å². The molecule has 1 aromatic heterocycles. The second-order valence-electron chi connectivity index (χ2n) is 5.76. The molecule has 0 bridgehead atoms. The van der Waals surface area contributed by atoms with Crippen molar-refractivity contribution in [2.45, 2.75) is 13.5 Å². The smallest absolute Gasteiger partial charge is 0.289 e. The zero-order valence-corrected chi connectivity index (χ0v) is 17.0. The molecule has 0 unspecified atom stereocenters. The summed E-state index contributed by atoms with van der Waals surface area (Å²) in [6.45, 7) is 2.24. The van der Waals surface area contributed by atoms with Crippen molar-refractivity contribution >= 4 is 46.4 Å². The molecule has 28 heavy (non-hydrogen) atoms. The van der Waals surface area contributed by atoms with Gasteiger partial charge in [-0.1, -0.05) is 40.9 Å². The monoisotopic (exact) mass is 435 g/mol. The molecule has 9 heteroatoms. The number of rotatable bonds is 5. The van der Waals surface area contributed by atoms with Crippen LogP contribution in [0.5, 0.6) is 5.75 Å². The SMILES string of the molecule is Cc1ccc(OCc2nc(C(=O)NNC(=O)c3cc(Cl)ccc3Cl)cs2)cc1. The molecule has 2 N–H and O–H groups in total. The lowest BCUT2D eigenvalue weighted by Gasteiger charge is -2.07. The van der Waals surface area contributed by atoms with Gasteiger partial charge in [-0.25, -0.2) is 4.98 Å². The van der Waals surface area contributed by atoms with Crippen molar-refractivity contribution in [1.82, 2.24) is 15.8 Å². The zero-order chi connectivity index (χ0) is 20.1. The van der Waals surface area contributed by atoms with Crippen LogP contribution in [0, 0.1) is 6.92 Å². The highest BCUT2D eigenvalue weighted by Crippen LogP contribution is 2.20. The molecule has 144 valence electrons. The Kier molecular flexibility index (Phi) is 6.51. The molecular formula is C19H15Cl2N3O3S. The number of carbonyl (C=O) groups is 2. The van der Waals surface area contributed by atoms with E-state index in [-0.39, 0.29) is 22.9 Å². The third-order valence-corrected chi connectivity index (χ3v) is 5.02. The van der Waals surface area contributed by atoms with Gasteiger partial charge in [-0.15, -0.1) is 11.3 Å². The van der Waals surface area contributed by atoms with Crippen LogP contribution in [0.3, 0.4) is 0 Å². The van der Waals surface area contributed by atoms with E-state index in [1.807, 2.05) is 31.2 Å². The maximum absolute atomic E-state index is 12.2. The number of aryl methyl sites for hydroxylation is 1. The molecule has 0 fully saturated rings. The number of nitrogens with one attached hydrogen (secondary N) is 2. The van der Waals surface area contributed by atoms with E-state index < -0.39 is 11.8 Å². The summed E-state index contributed by atoms with van der Waals surface area (Å²) in [7, 11) is 0. The van der Waals surface area contributed by atoms with Crippen molar-refractivity contribution in [2.75, 3.05) is 0 Å². The fourth-order valence-electron chi connectivity index (χ4n) is 2.18. The van der Waals surface area contributed by atoms with E-state index in [0.29, 0.717) is 10.0 Å². The quantitative estimate of drug-likeness (QED) is 0.581. The Morgan fingerprint density at radius 3 is 2.54 bits per heavy atom. The maximum Gasteiger partial charge on any atom is 0.289 e. The zero-order valence-electron chi connectivity index (χ0n) is 14.7. The van der Waals surface area contributed by atoms with Crippen LogP contribution in [0.25, 0.3) is 0 Å². The molecule has 0 aliphatic heterocycles. The first-order valence-corrected chi connectivity index (χ1v) is 9.75. The lowest BCUT2D eigenvalue weighted by molar-refractivity contribution is 0.0844. The fraction of sp³-hybridized carbons (Fsp3) is 0.105. The Labute approximate surface area is 175 Å². The lowest BCUT2D eigenvalue weighted by atomic mass is 10.2. The van der Waals surface area contributed by atoms with Gasteiger partial charge in [0.2, 0.25) is 0 Å². The predicted octanol–water partition coefficient (Wildman–Crippen LogP) is 4.41. The Bertz CT molecular complexity index is 1010. The van der Waals surface area contributed by atoms with Crippen molar-refractivity contribution < 1.29 is 14.3 Å². The van der Waals surface area contributed by atoms with Gasteiger partial charge in [0.05, 0.1) is 10.6 Å². The molecule has 3 aromatic rings. The summed E-state index contributed by atoms with van der Waals surface area (Å²) in [5.41, 5.74) is 6.05. The number of hydrogen-bond donors (Lipinski definition) is 2. The minimum Gasteiger partial charge on any atom is -0.486 e. The summed E-state index contributed by atoms with van der Waals surface area (Å²) in [4.78, 5) is 28.5. The van der Waals surface area contributed by atoms with E-state index in [4.69, 9.17) is 27.9 Å². The highest BCUT2D eigenvalue weighted by molar-refractivity contribution is 7.09. The van der Waals surface area contributed by atoms with Crippen molar-refractivity contribution in [1.29, 1.82) is 0 Å². The molecule has 0 saturated heterocycles. The van der Waals surface area contributed by atoms with Crippen molar-refractivity contribution in [3.63, 3.8) is 0 Å². The second kappa shape index (κ2) is 9.05. The summed E-state index contributed by atoms with van der Waals surface area (Å²) < 4.78 is 5.64. The van der Waals surface area contributed by atoms with Gasteiger partial charge < -0.3 is 4.74 Å². The molecule has 0 aliphatic rings. The van der Waals surface area contributed by atoms with Gasteiger partial charge in [-0.05, 0) is 37.3 Å². The standard InChI is InChI=1S/C19H15Cl2N3O3S/c1-11-2-5-13(6-3-11)27-9-17-22-16(10-28-17)19(26)24-23-18(25)14-8-12(20)4-7-15(14)21/h2-8,10H,9H2,1H3,(H,23,25)(H,24,26). The van der Waals surface area contributed by atoms with Gasteiger partial charge in [-0.3, -0.25) is 20.4 Å². The van der Waals surface area contributed by atoms with E-state index in [1.165, 1.54) is 23.5 Å². The molecule has 1 heterocycles. The van der Waals surface area contributed by atoms with Gasteiger partial charge in [-0.2, -0.15) is 0 Å². The Hall–Kier alpha value is -2.61. The van der Waals surface area contributed by atoms with Crippen LogP contribution in [0.2, 0.25) is 10.0 Å². The number of aromatic nitrogens is 1. The number of thiazole rings is 1. The van der Waals surface area contributed by atoms with Crippen LogP contribution in [-0.2, 0) is 6.61 Å². The molecule has 0 saturated carbocycles. The highest BCUT2D eigenvalue weighted by Gasteiger charge is 2.15. The Morgan fingerprint density at radius 1 is 1.07 bits per heavy atom. The van der Waals surface area contributed by atoms with Crippen LogP contribution in [0.15, 0.2) is 47.8 Å². The number of halogens is 2. The minimum absolute atomic E-state index is 0.153. The summed E-state index contributed by atoms with van der Waals surface area (Å²) in [6.07, 6.45) is 0. The van der Waals surface area contributed by atoms with Gasteiger partial charge in [0.1, 0.15) is 23.1 Å². The largest absolute Gasteiger partial charge is 0.486 e. The number of hydrogen-bond acceptors (Lipinski definition) is 5. The molecule has 0 spiro atoms. The van der Waals surface area contributed by atoms with Crippen LogP contribution < -0.4 is 15.6 Å². The number of ether oxygens (including phenoxy) is 1. The van der Waals surface area contributed by atoms with Crippen molar-refractivity contribution in [2.24, 2.45) is 0 Å². The van der Waals surface area contributed by atoms with Crippen molar-refractivity contribution in [3.05, 3.63) is 79.7 Å². The first kappa shape index (κ1) is 20.1. The number of amides is 2. The third kappa shape index (κ3) is 5.22. The summed E-state index contributed by atoms with van der Waals surface area (Å²) >= 11 is 13.1. The topological polar surface area (TPSA) is 80.3 Å². The maximum atomic E-state index is 12.2. The molecular weight excluding hydrogens is 421 g/mol. The fourth-order valence-corrected chi connectivity index (χ4v) is 3.24. The summed E-state index contributed by atoms with van der Waals surface area (Å²) in [6, 6.07) is 12.1. The first-order chi connectivity index (χ1) is 13.4. The Morgan fingerprint density at radius 2 is 1.79 bits per heavy atom. The molecule has 0 radical (unpaired) electrons. The van der Waals surface area contributed by atoms with Crippen LogP contribution in [0.1, 0.15) is 31.4 Å². The van der Waals surface area contributed by atoms with E-state index in [1.54, 1.807) is 11.4 Å². The average molecular weight is 436 g/mol. The normalized spacial score (nSPS) is 10.4. The predicted molar refractivity (Wildman–Crippen MR) is 109 cm³/mol. The number of hydrazine groups is 1. The van der Waals surface area contributed by atoms with Gasteiger partial charge in [0.25, 0.3) is 11.8 Å². The average Bonchev–Trinajstić information content (AvgIpc) is 3.16. The van der Waals surface area contributed by atoms with Crippen molar-refractivity contribution in [3.8, 4) is 5.75 Å². The minimum atomic E-state index is -0.584. The van der Waals surface area contributed by atoms with Crippen LogP contribution >= 0.6 is 34.5 Å². The molecule has 3 rings (SSSR count). The van der Waals surface area contributed by atoms with E-state index >= 15 is 0 Å². The molecule has 0 atom stereocenters. The first-order valence-electron chi connectivity index (χ1n) is 8.12. The number of benzene rings is 2. The van der Waals surface area contributed by atoms with Crippen LogP contribution in [-0.4, -0.2) is 16.8 Å². The molecule has 2 aromatic carbocycles. The molecule has 2 amide bonds. The Balaban J connectivity index is 1.54. The summed E-state index contributed by atoms with van der Waals surface area (Å²) in [5, 5.41) is 2.80. The van der Waals surface area contributed by atoms with Gasteiger partial charge in [0.15, 0.2) is 0 Å². The third-order valence-electron chi connectivity index (χ3n) is 3.63. The number of nitrogens with zero attached hydrogens (tertiary/aromatic N) is 1. The van der Waals surface area contributed by atoms with Gasteiger partial charge in [0, 0.05) is 10.4 Å².